The van der Waals surface area contributed by atoms with Gasteiger partial charge in [-0.3, -0.25) is 9.36 Å². The number of hydrogen-bond donors (Lipinski definition) is 2. The molecule has 1 fully saturated rings. The predicted molar refractivity (Wildman–Crippen MR) is 123 cm³/mol. The monoisotopic (exact) mass is 420 g/mol. The van der Waals surface area contributed by atoms with Gasteiger partial charge in [0.15, 0.2) is 0 Å². The van der Waals surface area contributed by atoms with Gasteiger partial charge in [-0.15, -0.1) is 0 Å². The number of aryl methyl sites for hydroxylation is 1. The van der Waals surface area contributed by atoms with Crippen LogP contribution in [0.1, 0.15) is 53.7 Å². The molecule has 31 heavy (non-hydrogen) atoms. The van der Waals surface area contributed by atoms with Crippen LogP contribution in [0.2, 0.25) is 0 Å². The lowest BCUT2D eigenvalue weighted by Gasteiger charge is -2.29. The zero-order chi connectivity index (χ0) is 22.1. The molecule has 0 saturated carbocycles. The number of carboxylic acids is 1. The van der Waals surface area contributed by atoms with E-state index in [4.69, 9.17) is 4.98 Å². The van der Waals surface area contributed by atoms with Gasteiger partial charge in [-0.2, -0.15) is 0 Å². The van der Waals surface area contributed by atoms with Gasteiger partial charge in [-0.25, -0.2) is 9.78 Å². The average Bonchev–Trinajstić information content (AvgIpc) is 2.77. The van der Waals surface area contributed by atoms with Gasteiger partial charge in [0.25, 0.3) is 5.56 Å². The Hall–Kier alpha value is -3.35. The predicted octanol–water partition coefficient (Wildman–Crippen LogP) is 4.10. The van der Waals surface area contributed by atoms with Crippen LogP contribution in [0.4, 0.5) is 11.6 Å². The first-order chi connectivity index (χ1) is 14.9. The first-order valence-electron chi connectivity index (χ1n) is 10.7. The minimum atomic E-state index is -0.983. The third-order valence-electron chi connectivity index (χ3n) is 5.97. The molecule has 0 unspecified atom stereocenters. The van der Waals surface area contributed by atoms with Crippen LogP contribution >= 0.6 is 0 Å². The van der Waals surface area contributed by atoms with Crippen molar-refractivity contribution >= 4 is 28.5 Å². The fourth-order valence-electron chi connectivity index (χ4n) is 4.35. The molecule has 0 spiro atoms. The van der Waals surface area contributed by atoms with Gasteiger partial charge in [0.05, 0.1) is 22.5 Å². The van der Waals surface area contributed by atoms with Gasteiger partial charge in [-0.1, -0.05) is 18.2 Å². The molecule has 2 N–H and O–H groups in total. The van der Waals surface area contributed by atoms with E-state index in [-0.39, 0.29) is 17.2 Å². The fraction of sp³-hybridized carbons (Fsp3) is 0.375. The Bertz CT molecular complexity index is 1200. The van der Waals surface area contributed by atoms with Crippen molar-refractivity contribution in [3.05, 3.63) is 63.4 Å². The number of piperidine rings is 1. The third kappa shape index (κ3) is 4.00. The van der Waals surface area contributed by atoms with E-state index in [0.29, 0.717) is 22.5 Å². The standard InChI is InChI=1S/C24H28N4O3/c1-15-13-18(16(2)25-20-10-6-5-9-17(20)23(30)31)21-19(14-15)22(29)27(3)24(26-21)28-11-7-4-8-12-28/h5-6,9-10,13-14,16,25H,4,7-8,11-12H2,1-3H3,(H,30,31)/t16-/m0/s1. The number of carboxylic acid groups (broad SMARTS) is 1. The highest BCUT2D eigenvalue weighted by molar-refractivity contribution is 5.94. The normalized spacial score (nSPS) is 15.1. The van der Waals surface area contributed by atoms with E-state index in [9.17, 15) is 14.7 Å². The SMILES string of the molecule is Cc1cc([C@H](C)Nc2ccccc2C(=O)O)c2nc(N3CCCCC3)n(C)c(=O)c2c1. The number of carbonyl (C=O) groups is 1. The van der Waals surface area contributed by atoms with Gasteiger partial charge in [-0.05, 0) is 56.9 Å². The van der Waals surface area contributed by atoms with Crippen molar-refractivity contribution in [2.75, 3.05) is 23.3 Å². The summed E-state index contributed by atoms with van der Waals surface area (Å²) in [7, 11) is 1.78. The summed E-state index contributed by atoms with van der Waals surface area (Å²) in [5.41, 5.74) is 3.20. The lowest BCUT2D eigenvalue weighted by Crippen LogP contribution is -2.35. The second-order valence-electron chi connectivity index (χ2n) is 8.29. The first-order valence-corrected chi connectivity index (χ1v) is 10.7. The maximum atomic E-state index is 13.2. The van der Waals surface area contributed by atoms with Crippen LogP contribution in [0.25, 0.3) is 10.9 Å². The molecule has 3 aromatic rings. The molecule has 0 amide bonds. The van der Waals surface area contributed by atoms with Gasteiger partial charge in [0.1, 0.15) is 0 Å². The molecule has 1 aliphatic heterocycles. The lowest BCUT2D eigenvalue weighted by atomic mass is 10.0. The molecule has 4 rings (SSSR count). The first kappa shape index (κ1) is 20.9. The smallest absolute Gasteiger partial charge is 0.337 e. The Morgan fingerprint density at radius 2 is 1.87 bits per heavy atom. The van der Waals surface area contributed by atoms with Gasteiger partial charge in [0.2, 0.25) is 5.95 Å². The second kappa shape index (κ2) is 8.41. The van der Waals surface area contributed by atoms with E-state index >= 15 is 0 Å². The molecule has 0 radical (unpaired) electrons. The van der Waals surface area contributed by atoms with Crippen LogP contribution in [0.15, 0.2) is 41.2 Å². The Morgan fingerprint density at radius 1 is 1.16 bits per heavy atom. The highest BCUT2D eigenvalue weighted by Gasteiger charge is 2.21. The van der Waals surface area contributed by atoms with E-state index in [0.717, 1.165) is 37.1 Å². The van der Waals surface area contributed by atoms with Crippen molar-refractivity contribution in [1.82, 2.24) is 9.55 Å². The fourth-order valence-corrected chi connectivity index (χ4v) is 4.35. The summed E-state index contributed by atoms with van der Waals surface area (Å²) in [6, 6.07) is 10.5. The van der Waals surface area contributed by atoms with Crippen molar-refractivity contribution in [3.63, 3.8) is 0 Å². The molecule has 7 heteroatoms. The van der Waals surface area contributed by atoms with Crippen molar-refractivity contribution in [3.8, 4) is 0 Å². The Kier molecular flexibility index (Phi) is 5.67. The topological polar surface area (TPSA) is 87.5 Å². The molecule has 1 saturated heterocycles. The van der Waals surface area contributed by atoms with Crippen molar-refractivity contribution in [2.24, 2.45) is 7.05 Å². The molecule has 7 nitrogen and oxygen atoms in total. The summed E-state index contributed by atoms with van der Waals surface area (Å²) in [4.78, 5) is 32.0. The number of anilines is 2. The molecule has 2 aromatic carbocycles. The number of para-hydroxylation sites is 1. The number of nitrogens with one attached hydrogen (secondary N) is 1. The molecule has 1 aliphatic rings. The summed E-state index contributed by atoms with van der Waals surface area (Å²) < 4.78 is 1.65. The van der Waals surface area contributed by atoms with Gasteiger partial charge < -0.3 is 15.3 Å². The van der Waals surface area contributed by atoms with E-state index in [1.165, 1.54) is 6.42 Å². The number of fused-ring (bicyclic) bond motifs is 1. The number of rotatable bonds is 5. The zero-order valence-electron chi connectivity index (χ0n) is 18.2. The number of hydrogen-bond acceptors (Lipinski definition) is 5. The minimum absolute atomic E-state index is 0.0614. The number of benzene rings is 2. The average molecular weight is 421 g/mol. The van der Waals surface area contributed by atoms with E-state index in [1.807, 2.05) is 26.0 Å². The maximum Gasteiger partial charge on any atom is 0.337 e. The molecular formula is C24H28N4O3. The summed E-state index contributed by atoms with van der Waals surface area (Å²) in [6.45, 7) is 5.71. The summed E-state index contributed by atoms with van der Waals surface area (Å²) in [5, 5.41) is 13.4. The second-order valence-corrected chi connectivity index (χ2v) is 8.29. The zero-order valence-corrected chi connectivity index (χ0v) is 18.2. The lowest BCUT2D eigenvalue weighted by molar-refractivity contribution is 0.0698. The van der Waals surface area contributed by atoms with Crippen LogP contribution in [-0.2, 0) is 7.05 Å². The Morgan fingerprint density at radius 3 is 2.58 bits per heavy atom. The summed E-state index contributed by atoms with van der Waals surface area (Å²) >= 11 is 0. The molecule has 2 heterocycles. The van der Waals surface area contributed by atoms with E-state index in [2.05, 4.69) is 10.2 Å². The number of aromatic carboxylic acids is 1. The van der Waals surface area contributed by atoms with Crippen LogP contribution < -0.4 is 15.8 Å². The molecule has 1 atom stereocenters. The van der Waals surface area contributed by atoms with Gasteiger partial charge in [0, 0.05) is 31.4 Å². The van der Waals surface area contributed by atoms with Crippen molar-refractivity contribution in [1.29, 1.82) is 0 Å². The van der Waals surface area contributed by atoms with Crippen LogP contribution in [-0.4, -0.2) is 33.7 Å². The highest BCUT2D eigenvalue weighted by atomic mass is 16.4. The van der Waals surface area contributed by atoms with Crippen molar-refractivity contribution in [2.45, 2.75) is 39.2 Å². The maximum absolute atomic E-state index is 13.2. The number of aromatic nitrogens is 2. The minimum Gasteiger partial charge on any atom is -0.478 e. The molecule has 0 aliphatic carbocycles. The molecular weight excluding hydrogens is 392 g/mol. The number of nitrogens with zero attached hydrogens (tertiary/aromatic N) is 3. The molecule has 0 bridgehead atoms. The van der Waals surface area contributed by atoms with E-state index in [1.54, 1.807) is 35.9 Å². The molecule has 162 valence electrons. The molecule has 1 aromatic heterocycles. The third-order valence-corrected chi connectivity index (χ3v) is 5.97. The highest BCUT2D eigenvalue weighted by Crippen LogP contribution is 2.29. The quantitative estimate of drug-likeness (QED) is 0.646. The van der Waals surface area contributed by atoms with Crippen LogP contribution in [0.5, 0.6) is 0 Å². The van der Waals surface area contributed by atoms with Crippen LogP contribution in [0.3, 0.4) is 0 Å². The summed E-state index contributed by atoms with van der Waals surface area (Å²) in [6.07, 6.45) is 3.39. The Balaban J connectivity index is 1.83. The largest absolute Gasteiger partial charge is 0.478 e. The van der Waals surface area contributed by atoms with Gasteiger partial charge >= 0.3 is 5.97 Å². The van der Waals surface area contributed by atoms with Crippen molar-refractivity contribution < 1.29 is 9.90 Å². The Labute approximate surface area is 181 Å². The van der Waals surface area contributed by atoms with Crippen LogP contribution in [0, 0.1) is 6.92 Å². The van der Waals surface area contributed by atoms with E-state index < -0.39 is 5.97 Å². The summed E-state index contributed by atoms with van der Waals surface area (Å²) in [5.74, 6) is -0.288.